The topological polar surface area (TPSA) is 75.4 Å². The van der Waals surface area contributed by atoms with E-state index in [0.29, 0.717) is 11.6 Å². The second-order valence-corrected chi connectivity index (χ2v) is 8.15. The molecule has 0 saturated heterocycles. The quantitative estimate of drug-likeness (QED) is 0.691. The van der Waals surface area contributed by atoms with Crippen LogP contribution in [0.5, 0.6) is 5.75 Å². The van der Waals surface area contributed by atoms with Gasteiger partial charge >= 0.3 is 0 Å². The molecule has 2 atom stereocenters. The average molecular weight is 424 g/mol. The van der Waals surface area contributed by atoms with Gasteiger partial charge in [-0.3, -0.25) is 14.3 Å². The molecule has 2 heterocycles. The van der Waals surface area contributed by atoms with E-state index in [-0.39, 0.29) is 23.7 Å². The fourth-order valence-electron chi connectivity index (χ4n) is 4.10. The summed E-state index contributed by atoms with van der Waals surface area (Å²) in [4.78, 5) is 26.8. The van der Waals surface area contributed by atoms with Gasteiger partial charge in [0.2, 0.25) is 5.43 Å². The molecular formula is C23H22ClN3O3. The first-order valence-electron chi connectivity index (χ1n) is 9.80. The molecule has 7 heteroatoms. The van der Waals surface area contributed by atoms with E-state index in [2.05, 4.69) is 5.10 Å². The van der Waals surface area contributed by atoms with Crippen molar-refractivity contribution in [2.75, 3.05) is 6.54 Å². The molecule has 3 aromatic rings. The second-order valence-electron chi connectivity index (χ2n) is 7.71. The molecule has 0 aliphatic carbocycles. The number of rotatable bonds is 4. The van der Waals surface area contributed by atoms with E-state index in [1.165, 1.54) is 4.68 Å². The number of hydrogen-bond acceptors (Lipinski definition) is 4. The van der Waals surface area contributed by atoms with Crippen LogP contribution in [0.25, 0.3) is 0 Å². The number of benzene rings is 2. The molecular weight excluding hydrogens is 402 g/mol. The molecule has 0 fully saturated rings. The van der Waals surface area contributed by atoms with Crippen molar-refractivity contribution in [1.82, 2.24) is 14.7 Å². The van der Waals surface area contributed by atoms with Crippen LogP contribution in [-0.2, 0) is 0 Å². The monoisotopic (exact) mass is 423 g/mol. The molecule has 1 aliphatic heterocycles. The average Bonchev–Trinajstić information content (AvgIpc) is 2.73. The summed E-state index contributed by atoms with van der Waals surface area (Å²) in [5.74, 6) is -1.17. The number of nitrogens with zero attached hydrogens (tertiary/aromatic N) is 3. The standard InChI is InChI=1S/C23H22ClN3O3/c1-14(2)26-13-18(27-21(23(26)30)22(29)19(28)12-25-27)20(15-7-4-3-5-8-15)16-9-6-10-17(24)11-16/h3-12,14,18,20,29H,13H2,1-2H3. The lowest BCUT2D eigenvalue weighted by atomic mass is 9.83. The van der Waals surface area contributed by atoms with Crippen LogP contribution >= 0.6 is 11.6 Å². The predicted octanol–water partition coefficient (Wildman–Crippen LogP) is 3.84. The Bertz CT molecular complexity index is 1140. The Kier molecular flexibility index (Phi) is 5.35. The Balaban J connectivity index is 1.97. The summed E-state index contributed by atoms with van der Waals surface area (Å²) in [7, 11) is 0. The molecule has 6 nitrogen and oxygen atoms in total. The Labute approximate surface area is 179 Å². The minimum absolute atomic E-state index is 0.0737. The fourth-order valence-corrected chi connectivity index (χ4v) is 4.30. The van der Waals surface area contributed by atoms with Gasteiger partial charge in [0.05, 0.1) is 12.2 Å². The van der Waals surface area contributed by atoms with E-state index >= 15 is 0 Å². The van der Waals surface area contributed by atoms with E-state index in [9.17, 15) is 14.7 Å². The van der Waals surface area contributed by atoms with E-state index in [4.69, 9.17) is 11.6 Å². The maximum atomic E-state index is 13.1. The lowest BCUT2D eigenvalue weighted by molar-refractivity contribution is 0.0570. The van der Waals surface area contributed by atoms with E-state index in [1.807, 2.05) is 68.4 Å². The van der Waals surface area contributed by atoms with Gasteiger partial charge in [-0.1, -0.05) is 54.1 Å². The summed E-state index contributed by atoms with van der Waals surface area (Å²) >= 11 is 6.30. The lowest BCUT2D eigenvalue weighted by Crippen LogP contribution is -2.49. The molecule has 1 aromatic heterocycles. The third-order valence-corrected chi connectivity index (χ3v) is 5.76. The zero-order valence-electron chi connectivity index (χ0n) is 16.7. The largest absolute Gasteiger partial charge is 0.502 e. The number of aromatic nitrogens is 2. The van der Waals surface area contributed by atoms with Crippen LogP contribution in [0, 0.1) is 0 Å². The normalized spacial score (nSPS) is 17.1. The first kappa shape index (κ1) is 20.2. The van der Waals surface area contributed by atoms with E-state index in [0.717, 1.165) is 17.3 Å². The second kappa shape index (κ2) is 7.95. The fraction of sp³-hybridized carbons (Fsp3) is 0.261. The number of carbonyl (C=O) groups is 1. The van der Waals surface area contributed by atoms with Crippen LogP contribution in [0.2, 0.25) is 5.02 Å². The summed E-state index contributed by atoms with van der Waals surface area (Å²) in [6.45, 7) is 4.20. The van der Waals surface area contributed by atoms with Crippen molar-refractivity contribution in [3.63, 3.8) is 0 Å². The summed E-state index contributed by atoms with van der Waals surface area (Å²) in [5.41, 5.74) is 1.24. The van der Waals surface area contributed by atoms with Crippen molar-refractivity contribution in [1.29, 1.82) is 0 Å². The molecule has 0 bridgehead atoms. The maximum Gasteiger partial charge on any atom is 0.276 e. The van der Waals surface area contributed by atoms with Gasteiger partial charge in [-0.15, -0.1) is 0 Å². The van der Waals surface area contributed by atoms with Crippen molar-refractivity contribution >= 4 is 17.5 Å². The van der Waals surface area contributed by atoms with Crippen molar-refractivity contribution < 1.29 is 9.90 Å². The SMILES string of the molecule is CC(C)N1CC(C(c2ccccc2)c2cccc(Cl)c2)n2ncc(=O)c(O)c2C1=O. The van der Waals surface area contributed by atoms with Gasteiger partial charge in [-0.25, -0.2) is 0 Å². The highest BCUT2D eigenvalue weighted by Crippen LogP contribution is 2.40. The molecule has 0 spiro atoms. The minimum atomic E-state index is -0.669. The number of aromatic hydroxyl groups is 1. The van der Waals surface area contributed by atoms with Gasteiger partial charge in [-0.05, 0) is 37.1 Å². The van der Waals surface area contributed by atoms with Gasteiger partial charge < -0.3 is 10.0 Å². The third-order valence-electron chi connectivity index (χ3n) is 5.52. The van der Waals surface area contributed by atoms with E-state index in [1.54, 1.807) is 4.90 Å². The molecule has 1 aliphatic rings. The molecule has 0 saturated carbocycles. The Morgan fingerprint density at radius 1 is 1.07 bits per heavy atom. The Hall–Kier alpha value is -3.12. The summed E-state index contributed by atoms with van der Waals surface area (Å²) < 4.78 is 1.50. The van der Waals surface area contributed by atoms with Gasteiger partial charge in [0.15, 0.2) is 11.4 Å². The highest BCUT2D eigenvalue weighted by atomic mass is 35.5. The van der Waals surface area contributed by atoms with Gasteiger partial charge in [0.25, 0.3) is 5.91 Å². The van der Waals surface area contributed by atoms with Crippen molar-refractivity contribution in [2.24, 2.45) is 0 Å². The van der Waals surface area contributed by atoms with Gasteiger partial charge in [-0.2, -0.15) is 5.10 Å². The molecule has 30 heavy (non-hydrogen) atoms. The lowest BCUT2D eigenvalue weighted by Gasteiger charge is -2.41. The molecule has 1 amide bonds. The number of halogens is 1. The highest BCUT2D eigenvalue weighted by molar-refractivity contribution is 6.30. The van der Waals surface area contributed by atoms with Crippen LogP contribution in [0.3, 0.4) is 0 Å². The van der Waals surface area contributed by atoms with Crippen LogP contribution in [-0.4, -0.2) is 38.3 Å². The smallest absolute Gasteiger partial charge is 0.276 e. The first-order valence-corrected chi connectivity index (χ1v) is 10.2. The van der Waals surface area contributed by atoms with E-state index < -0.39 is 17.1 Å². The summed E-state index contributed by atoms with van der Waals surface area (Å²) in [5, 5.41) is 15.3. The maximum absolute atomic E-state index is 13.1. The molecule has 154 valence electrons. The summed E-state index contributed by atoms with van der Waals surface area (Å²) in [6, 6.07) is 17.0. The molecule has 2 unspecified atom stereocenters. The predicted molar refractivity (Wildman–Crippen MR) is 115 cm³/mol. The number of hydrogen-bond donors (Lipinski definition) is 1. The third kappa shape index (κ3) is 3.48. The number of amides is 1. The Morgan fingerprint density at radius 3 is 2.43 bits per heavy atom. The van der Waals surface area contributed by atoms with Crippen molar-refractivity contribution in [3.8, 4) is 5.75 Å². The van der Waals surface area contributed by atoms with Crippen LogP contribution in [0.1, 0.15) is 47.4 Å². The van der Waals surface area contributed by atoms with Crippen molar-refractivity contribution in [3.05, 3.63) is 92.9 Å². The molecule has 1 N–H and O–H groups in total. The van der Waals surface area contributed by atoms with Crippen LogP contribution in [0.15, 0.2) is 65.6 Å². The zero-order chi connectivity index (χ0) is 21.4. The highest BCUT2D eigenvalue weighted by Gasteiger charge is 2.40. The van der Waals surface area contributed by atoms with Crippen LogP contribution < -0.4 is 5.43 Å². The molecule has 0 radical (unpaired) electrons. The minimum Gasteiger partial charge on any atom is -0.502 e. The molecule has 2 aromatic carbocycles. The molecule has 4 rings (SSSR count). The number of fused-ring (bicyclic) bond motifs is 1. The summed E-state index contributed by atoms with van der Waals surface area (Å²) in [6.07, 6.45) is 1.06. The van der Waals surface area contributed by atoms with Crippen LogP contribution in [0.4, 0.5) is 0 Å². The first-order chi connectivity index (χ1) is 14.4. The number of carbonyl (C=O) groups excluding carboxylic acids is 1. The van der Waals surface area contributed by atoms with Gasteiger partial charge in [0.1, 0.15) is 0 Å². The van der Waals surface area contributed by atoms with Crippen molar-refractivity contribution in [2.45, 2.75) is 31.8 Å². The zero-order valence-corrected chi connectivity index (χ0v) is 17.5. The Morgan fingerprint density at radius 2 is 1.77 bits per heavy atom. The van der Waals surface area contributed by atoms with Gasteiger partial charge in [0, 0.05) is 23.5 Å².